The molecule has 0 saturated heterocycles. The Morgan fingerprint density at radius 2 is 0.526 bits per heavy atom. The fraction of sp³-hybridized carbons (Fsp3) is 0.625. The van der Waals surface area contributed by atoms with E-state index in [1.165, 1.54) is 103 Å². The van der Waals surface area contributed by atoms with Crippen molar-refractivity contribution < 1.29 is 28.6 Å². The molecule has 78 heavy (non-hydrogen) atoms. The topological polar surface area (TPSA) is 78.9 Å². The van der Waals surface area contributed by atoms with Gasteiger partial charge < -0.3 is 14.2 Å². The number of unbranched alkanes of at least 4 members (excludes halogenated alkanes) is 21. The van der Waals surface area contributed by atoms with Gasteiger partial charge in [0.25, 0.3) is 0 Å². The van der Waals surface area contributed by atoms with Gasteiger partial charge in [-0.25, -0.2) is 0 Å². The van der Waals surface area contributed by atoms with Crippen LogP contribution in [0.5, 0.6) is 0 Å². The molecule has 1 unspecified atom stereocenters. The molecule has 0 fully saturated rings. The molecule has 0 aliphatic rings. The monoisotopic (exact) mass is 1080 g/mol. The van der Waals surface area contributed by atoms with E-state index >= 15 is 0 Å². The Morgan fingerprint density at radius 1 is 0.269 bits per heavy atom. The number of allylic oxidation sites excluding steroid dienone is 24. The summed E-state index contributed by atoms with van der Waals surface area (Å²) >= 11 is 0. The van der Waals surface area contributed by atoms with Crippen molar-refractivity contribution >= 4 is 17.9 Å². The Kier molecular flexibility index (Phi) is 60.9. The SMILES string of the molecule is CC/C=C\C/C=C\C/C=C\C/C=C\C/C=C\C/C=C\C/C=C\C/C=C\CCCCCCCCCCC(=O)OCC(COC(=O)CC/C=C\C/C=C\C/C=C\C/C=C\CC)OC(=O)CCCCCCCCCCCCCCCC. The van der Waals surface area contributed by atoms with Crippen molar-refractivity contribution in [1.82, 2.24) is 0 Å². The zero-order valence-electron chi connectivity index (χ0n) is 50.4. The van der Waals surface area contributed by atoms with Gasteiger partial charge in [0.05, 0.1) is 0 Å². The summed E-state index contributed by atoms with van der Waals surface area (Å²) in [5.41, 5.74) is 0. The van der Waals surface area contributed by atoms with Crippen molar-refractivity contribution in [2.24, 2.45) is 0 Å². The first-order valence-electron chi connectivity index (χ1n) is 31.8. The van der Waals surface area contributed by atoms with Gasteiger partial charge in [-0.3, -0.25) is 14.4 Å². The highest BCUT2D eigenvalue weighted by Gasteiger charge is 2.19. The van der Waals surface area contributed by atoms with Crippen LogP contribution in [0.3, 0.4) is 0 Å². The van der Waals surface area contributed by atoms with Gasteiger partial charge in [-0.05, 0) is 109 Å². The summed E-state index contributed by atoms with van der Waals surface area (Å²) in [6.45, 7) is 6.34. The van der Waals surface area contributed by atoms with Gasteiger partial charge in [-0.2, -0.15) is 0 Å². The molecule has 1 atom stereocenters. The van der Waals surface area contributed by atoms with Crippen molar-refractivity contribution in [3.8, 4) is 0 Å². The molecular formula is C72H116O6. The molecule has 6 heteroatoms. The maximum absolute atomic E-state index is 12.9. The minimum absolute atomic E-state index is 0.107. The highest BCUT2D eigenvalue weighted by atomic mass is 16.6. The summed E-state index contributed by atoms with van der Waals surface area (Å²) in [6, 6.07) is 0. The average Bonchev–Trinajstić information content (AvgIpc) is 3.44. The number of hydrogen-bond acceptors (Lipinski definition) is 6. The van der Waals surface area contributed by atoms with E-state index in [1.807, 2.05) is 6.08 Å². The van der Waals surface area contributed by atoms with Crippen molar-refractivity contribution in [2.45, 2.75) is 277 Å². The average molecular weight is 1080 g/mol. The van der Waals surface area contributed by atoms with Gasteiger partial charge >= 0.3 is 17.9 Å². The molecule has 0 N–H and O–H groups in total. The zero-order valence-corrected chi connectivity index (χ0v) is 50.4. The maximum Gasteiger partial charge on any atom is 0.306 e. The number of rotatable bonds is 56. The molecule has 6 nitrogen and oxygen atoms in total. The summed E-state index contributed by atoms with van der Waals surface area (Å²) in [5.74, 6) is -0.998. The summed E-state index contributed by atoms with van der Waals surface area (Å²) in [7, 11) is 0. The Bertz CT molecular complexity index is 1710. The van der Waals surface area contributed by atoms with Crippen molar-refractivity contribution in [3.05, 3.63) is 146 Å². The Labute approximate surface area is 480 Å². The predicted molar refractivity (Wildman–Crippen MR) is 339 cm³/mol. The van der Waals surface area contributed by atoms with Gasteiger partial charge in [0.15, 0.2) is 6.10 Å². The van der Waals surface area contributed by atoms with E-state index in [0.29, 0.717) is 19.3 Å². The molecule has 0 aromatic rings. The number of hydrogen-bond donors (Lipinski definition) is 0. The molecule has 440 valence electrons. The third kappa shape index (κ3) is 62.1. The second kappa shape index (κ2) is 64.8. The molecule has 0 bridgehead atoms. The van der Waals surface area contributed by atoms with Crippen LogP contribution >= 0.6 is 0 Å². The molecule has 0 aliphatic carbocycles. The van der Waals surface area contributed by atoms with Crippen molar-refractivity contribution in [2.75, 3.05) is 13.2 Å². The summed E-state index contributed by atoms with van der Waals surface area (Å²) < 4.78 is 16.8. The van der Waals surface area contributed by atoms with E-state index in [1.54, 1.807) is 0 Å². The molecule has 0 amide bonds. The van der Waals surface area contributed by atoms with Crippen LogP contribution in [0.2, 0.25) is 0 Å². The second-order valence-electron chi connectivity index (χ2n) is 20.6. The van der Waals surface area contributed by atoms with E-state index in [4.69, 9.17) is 14.2 Å². The van der Waals surface area contributed by atoms with Crippen LogP contribution in [-0.2, 0) is 28.6 Å². The van der Waals surface area contributed by atoms with E-state index in [2.05, 4.69) is 161 Å². The van der Waals surface area contributed by atoms with Gasteiger partial charge in [0.2, 0.25) is 0 Å². The van der Waals surface area contributed by atoms with Gasteiger partial charge in [-0.15, -0.1) is 0 Å². The normalized spacial score (nSPS) is 13.1. The van der Waals surface area contributed by atoms with Crippen LogP contribution in [0.15, 0.2) is 146 Å². The third-order valence-corrected chi connectivity index (χ3v) is 13.1. The summed E-state index contributed by atoms with van der Waals surface area (Å²) in [5, 5.41) is 0. The van der Waals surface area contributed by atoms with Crippen LogP contribution in [0, 0.1) is 0 Å². The molecule has 0 aromatic carbocycles. The van der Waals surface area contributed by atoms with Crippen LogP contribution in [0.4, 0.5) is 0 Å². The molecular weight excluding hydrogens is 961 g/mol. The third-order valence-electron chi connectivity index (χ3n) is 13.1. The lowest BCUT2D eigenvalue weighted by atomic mass is 10.0. The fourth-order valence-electron chi connectivity index (χ4n) is 8.41. The number of carbonyl (C=O) groups is 3. The van der Waals surface area contributed by atoms with Crippen LogP contribution < -0.4 is 0 Å². The Hall–Kier alpha value is -4.71. The Morgan fingerprint density at radius 3 is 0.859 bits per heavy atom. The molecule has 0 saturated carbocycles. The lowest BCUT2D eigenvalue weighted by Crippen LogP contribution is -2.30. The molecule has 0 radical (unpaired) electrons. The molecule has 0 rings (SSSR count). The van der Waals surface area contributed by atoms with E-state index in [9.17, 15) is 14.4 Å². The first kappa shape index (κ1) is 73.3. The lowest BCUT2D eigenvalue weighted by Gasteiger charge is -2.18. The number of carbonyl (C=O) groups excluding carboxylic acids is 3. The predicted octanol–water partition coefficient (Wildman–Crippen LogP) is 21.9. The van der Waals surface area contributed by atoms with Crippen LogP contribution in [-0.4, -0.2) is 37.2 Å². The smallest absolute Gasteiger partial charge is 0.306 e. The maximum atomic E-state index is 12.9. The quantitative estimate of drug-likeness (QED) is 0.0261. The zero-order chi connectivity index (χ0) is 56.4. The largest absolute Gasteiger partial charge is 0.462 e. The molecule has 0 aliphatic heterocycles. The Balaban J connectivity index is 4.30. The van der Waals surface area contributed by atoms with E-state index < -0.39 is 6.10 Å². The molecule has 0 aromatic heterocycles. The van der Waals surface area contributed by atoms with Crippen molar-refractivity contribution in [1.29, 1.82) is 0 Å². The van der Waals surface area contributed by atoms with Crippen molar-refractivity contribution in [3.63, 3.8) is 0 Å². The van der Waals surface area contributed by atoms with Gasteiger partial charge in [0.1, 0.15) is 13.2 Å². The number of ether oxygens (including phenoxy) is 3. The molecule has 0 heterocycles. The molecule has 0 spiro atoms. The highest BCUT2D eigenvalue weighted by Crippen LogP contribution is 2.15. The first-order chi connectivity index (χ1) is 38.5. The number of esters is 3. The summed E-state index contributed by atoms with van der Waals surface area (Å²) in [6.07, 6.45) is 93.0. The van der Waals surface area contributed by atoms with Gasteiger partial charge in [0, 0.05) is 19.3 Å². The lowest BCUT2D eigenvalue weighted by molar-refractivity contribution is -0.166. The highest BCUT2D eigenvalue weighted by molar-refractivity contribution is 5.71. The minimum atomic E-state index is -0.814. The van der Waals surface area contributed by atoms with Crippen LogP contribution in [0.25, 0.3) is 0 Å². The van der Waals surface area contributed by atoms with E-state index in [0.717, 1.165) is 122 Å². The van der Waals surface area contributed by atoms with E-state index in [-0.39, 0.29) is 37.5 Å². The van der Waals surface area contributed by atoms with Gasteiger partial charge in [-0.1, -0.05) is 289 Å². The first-order valence-corrected chi connectivity index (χ1v) is 31.8. The van der Waals surface area contributed by atoms with Crippen LogP contribution in [0.1, 0.15) is 271 Å². The summed E-state index contributed by atoms with van der Waals surface area (Å²) in [4.78, 5) is 38.2. The minimum Gasteiger partial charge on any atom is -0.462 e. The fourth-order valence-corrected chi connectivity index (χ4v) is 8.41. The second-order valence-corrected chi connectivity index (χ2v) is 20.6. The standard InChI is InChI=1S/C72H116O6/c1-4-7-10-13-16-19-22-25-27-28-29-30-31-32-33-34-35-36-37-38-39-40-41-42-43-44-45-48-50-53-56-59-62-65-71(74)77-68-69(67-76-70(73)64-61-58-55-52-49-46-24-21-18-15-12-9-6-3)78-72(75)66-63-60-57-54-51-47-26-23-20-17-14-11-8-5-2/h7,9-10,12,16,18-19,21,25,27,29-30,32-33,35-36,38-39,41-42,46,49,55,58,69H,4-6,8,11,13-15,17,20,22-24,26,28,31,34,37,40,43-45,47-48,50-54,56-57,59-68H2,1-3H3/b10-7-,12-9-,19-16-,21-18-,27-25-,30-29-,33-32-,36-35-,39-38-,42-41-,49-46-,58-55-.